The van der Waals surface area contributed by atoms with Gasteiger partial charge in [0.2, 0.25) is 0 Å². The van der Waals surface area contributed by atoms with Gasteiger partial charge in [-0.15, -0.1) is 0 Å². The summed E-state index contributed by atoms with van der Waals surface area (Å²) in [5.74, 6) is 0.235. The van der Waals surface area contributed by atoms with Crippen molar-refractivity contribution >= 4 is 0 Å². The van der Waals surface area contributed by atoms with E-state index in [2.05, 4.69) is 12.0 Å². The molecule has 0 saturated carbocycles. The van der Waals surface area contributed by atoms with Gasteiger partial charge in [-0.1, -0.05) is 6.92 Å². The van der Waals surface area contributed by atoms with E-state index in [1.54, 1.807) is 0 Å². The number of aromatic nitrogens is 2. The number of hydrogen-bond donors (Lipinski definition) is 2. The third-order valence-corrected chi connectivity index (χ3v) is 3.61. The second kappa shape index (κ2) is 3.32. The van der Waals surface area contributed by atoms with E-state index in [1.807, 2.05) is 18.7 Å². The number of aryl methyl sites for hydroxylation is 2. The Hall–Kier alpha value is -0.870. The molecule has 1 aromatic heterocycles. The quantitative estimate of drug-likeness (QED) is 0.743. The van der Waals surface area contributed by atoms with Crippen molar-refractivity contribution in [2.45, 2.75) is 32.3 Å². The summed E-state index contributed by atoms with van der Waals surface area (Å²) in [6, 6.07) is 0. The van der Waals surface area contributed by atoms with Crippen LogP contribution in [0.1, 0.15) is 30.3 Å². The van der Waals surface area contributed by atoms with Gasteiger partial charge in [0.15, 0.2) is 0 Å². The lowest BCUT2D eigenvalue weighted by Crippen LogP contribution is -2.33. The summed E-state index contributed by atoms with van der Waals surface area (Å²) in [5.41, 5.74) is 7.94. The van der Waals surface area contributed by atoms with E-state index in [0.717, 1.165) is 23.4 Å². The van der Waals surface area contributed by atoms with Crippen LogP contribution in [0.15, 0.2) is 0 Å². The third kappa shape index (κ3) is 1.32. The number of nitrogens with two attached hydrogens (primary N) is 1. The molecule has 4 nitrogen and oxygen atoms in total. The summed E-state index contributed by atoms with van der Waals surface area (Å²) in [4.78, 5) is 0. The molecule has 84 valence electrons. The number of fused-ring (bicyclic) bond motifs is 1. The molecule has 15 heavy (non-hydrogen) atoms. The molecule has 1 aromatic rings. The molecule has 1 heterocycles. The predicted octanol–water partition coefficient (Wildman–Crippen LogP) is 0.457. The van der Waals surface area contributed by atoms with Crippen molar-refractivity contribution < 1.29 is 5.11 Å². The average Bonchev–Trinajstić information content (AvgIpc) is 2.55. The Bertz CT molecular complexity index is 385. The molecule has 4 heteroatoms. The van der Waals surface area contributed by atoms with Crippen LogP contribution in [-0.4, -0.2) is 21.4 Å². The Morgan fingerprint density at radius 1 is 1.67 bits per heavy atom. The molecule has 0 aliphatic heterocycles. The van der Waals surface area contributed by atoms with Gasteiger partial charge in [0, 0.05) is 18.3 Å². The average molecular weight is 209 g/mol. The van der Waals surface area contributed by atoms with E-state index in [4.69, 9.17) is 5.73 Å². The zero-order valence-corrected chi connectivity index (χ0v) is 9.62. The Morgan fingerprint density at radius 2 is 2.33 bits per heavy atom. The van der Waals surface area contributed by atoms with E-state index in [1.165, 1.54) is 0 Å². The molecule has 2 unspecified atom stereocenters. The summed E-state index contributed by atoms with van der Waals surface area (Å²) in [5, 5.41) is 15.0. The summed E-state index contributed by atoms with van der Waals surface area (Å²) >= 11 is 0. The highest BCUT2D eigenvalue weighted by molar-refractivity contribution is 5.37. The first kappa shape index (κ1) is 10.6. The van der Waals surface area contributed by atoms with E-state index in [-0.39, 0.29) is 5.92 Å². The van der Waals surface area contributed by atoms with Crippen LogP contribution in [0.4, 0.5) is 0 Å². The van der Waals surface area contributed by atoms with Crippen molar-refractivity contribution in [3.63, 3.8) is 0 Å². The molecular weight excluding hydrogens is 190 g/mol. The van der Waals surface area contributed by atoms with E-state index >= 15 is 0 Å². The van der Waals surface area contributed by atoms with Gasteiger partial charge in [-0.25, -0.2) is 0 Å². The molecule has 0 saturated heterocycles. The van der Waals surface area contributed by atoms with Crippen molar-refractivity contribution in [1.82, 2.24) is 9.78 Å². The molecule has 0 aromatic carbocycles. The normalized spacial score (nSPS) is 29.5. The highest BCUT2D eigenvalue weighted by Gasteiger charge is 2.45. The fourth-order valence-electron chi connectivity index (χ4n) is 2.80. The number of rotatable bonds is 2. The molecule has 0 spiro atoms. The molecule has 0 fully saturated rings. The van der Waals surface area contributed by atoms with Crippen molar-refractivity contribution in [2.75, 3.05) is 6.54 Å². The Labute approximate surface area is 90.1 Å². The van der Waals surface area contributed by atoms with Crippen LogP contribution >= 0.6 is 0 Å². The minimum absolute atomic E-state index is 0.235. The Balaban J connectivity index is 2.52. The smallest absolute Gasteiger partial charge is 0.0973 e. The van der Waals surface area contributed by atoms with Crippen molar-refractivity contribution in [3.05, 3.63) is 17.0 Å². The van der Waals surface area contributed by atoms with E-state index in [0.29, 0.717) is 13.0 Å². The molecule has 3 N–H and O–H groups in total. The SMILES string of the molecule is Cc1nn(C)c2c1C(O)(CCN)C(C)C2. The lowest BCUT2D eigenvalue weighted by atomic mass is 9.85. The zero-order valence-electron chi connectivity index (χ0n) is 9.62. The minimum Gasteiger partial charge on any atom is -0.385 e. The number of aliphatic hydroxyl groups is 1. The van der Waals surface area contributed by atoms with Crippen LogP contribution in [-0.2, 0) is 19.1 Å². The maximum atomic E-state index is 10.7. The van der Waals surface area contributed by atoms with Gasteiger partial charge in [0.1, 0.15) is 0 Å². The second-order valence-corrected chi connectivity index (χ2v) is 4.60. The maximum Gasteiger partial charge on any atom is 0.0973 e. The molecule has 0 radical (unpaired) electrons. The van der Waals surface area contributed by atoms with E-state index in [9.17, 15) is 5.11 Å². The van der Waals surface area contributed by atoms with Gasteiger partial charge < -0.3 is 10.8 Å². The fourth-order valence-corrected chi connectivity index (χ4v) is 2.80. The standard InChI is InChI=1S/C11H19N3O/c1-7-6-9-10(8(2)13-14(9)3)11(7,15)4-5-12/h7,15H,4-6,12H2,1-3H3. The van der Waals surface area contributed by atoms with Gasteiger partial charge in [0.05, 0.1) is 11.3 Å². The summed E-state index contributed by atoms with van der Waals surface area (Å²) < 4.78 is 1.88. The first-order valence-corrected chi connectivity index (χ1v) is 5.46. The van der Waals surface area contributed by atoms with Crippen molar-refractivity contribution in [2.24, 2.45) is 18.7 Å². The first-order chi connectivity index (χ1) is 7.00. The highest BCUT2D eigenvalue weighted by Crippen LogP contribution is 2.44. The third-order valence-electron chi connectivity index (χ3n) is 3.61. The van der Waals surface area contributed by atoms with Crippen LogP contribution in [0.25, 0.3) is 0 Å². The largest absolute Gasteiger partial charge is 0.385 e. The molecule has 2 rings (SSSR count). The summed E-state index contributed by atoms with van der Waals surface area (Å²) in [6.45, 7) is 4.54. The molecular formula is C11H19N3O. The molecule has 1 aliphatic carbocycles. The minimum atomic E-state index is -0.761. The van der Waals surface area contributed by atoms with Crippen LogP contribution in [0.2, 0.25) is 0 Å². The van der Waals surface area contributed by atoms with E-state index < -0.39 is 5.60 Å². The Morgan fingerprint density at radius 3 is 2.93 bits per heavy atom. The maximum absolute atomic E-state index is 10.7. The lowest BCUT2D eigenvalue weighted by molar-refractivity contribution is -0.0109. The van der Waals surface area contributed by atoms with Crippen LogP contribution < -0.4 is 5.73 Å². The molecule has 2 atom stereocenters. The predicted molar refractivity (Wildman–Crippen MR) is 58.4 cm³/mol. The summed E-state index contributed by atoms with van der Waals surface area (Å²) in [7, 11) is 1.94. The monoisotopic (exact) mass is 209 g/mol. The van der Waals surface area contributed by atoms with Gasteiger partial charge in [-0.3, -0.25) is 4.68 Å². The lowest BCUT2D eigenvalue weighted by Gasteiger charge is -2.28. The molecule has 0 amide bonds. The van der Waals surface area contributed by atoms with Crippen molar-refractivity contribution in [3.8, 4) is 0 Å². The highest BCUT2D eigenvalue weighted by atomic mass is 16.3. The topological polar surface area (TPSA) is 64.1 Å². The Kier molecular flexibility index (Phi) is 2.35. The van der Waals surface area contributed by atoms with Gasteiger partial charge >= 0.3 is 0 Å². The summed E-state index contributed by atoms with van der Waals surface area (Å²) in [6.07, 6.45) is 1.51. The van der Waals surface area contributed by atoms with Gasteiger partial charge in [0.25, 0.3) is 0 Å². The van der Waals surface area contributed by atoms with Crippen LogP contribution in [0.3, 0.4) is 0 Å². The molecule has 1 aliphatic rings. The second-order valence-electron chi connectivity index (χ2n) is 4.60. The number of hydrogen-bond acceptors (Lipinski definition) is 3. The first-order valence-electron chi connectivity index (χ1n) is 5.46. The van der Waals surface area contributed by atoms with Crippen LogP contribution in [0, 0.1) is 12.8 Å². The van der Waals surface area contributed by atoms with Gasteiger partial charge in [-0.2, -0.15) is 5.10 Å². The number of nitrogens with zero attached hydrogens (tertiary/aromatic N) is 2. The molecule has 0 bridgehead atoms. The van der Waals surface area contributed by atoms with Gasteiger partial charge in [-0.05, 0) is 32.2 Å². The van der Waals surface area contributed by atoms with Crippen LogP contribution in [0.5, 0.6) is 0 Å². The fraction of sp³-hybridized carbons (Fsp3) is 0.727. The van der Waals surface area contributed by atoms with Crippen molar-refractivity contribution in [1.29, 1.82) is 0 Å². The zero-order chi connectivity index (χ0) is 11.2.